The minimum atomic E-state index is 0.634. The van der Waals surface area contributed by atoms with E-state index in [4.69, 9.17) is 16.3 Å². The Balaban J connectivity index is 2.31. The number of halogens is 2. The van der Waals surface area contributed by atoms with E-state index in [0.29, 0.717) is 5.02 Å². The second kappa shape index (κ2) is 7.12. The van der Waals surface area contributed by atoms with Gasteiger partial charge in [-0.05, 0) is 47.3 Å². The lowest BCUT2D eigenvalue weighted by molar-refractivity contribution is 0.470. The molecule has 0 spiro atoms. The smallest absolute Gasteiger partial charge is 0.150 e. The molecule has 0 aliphatic carbocycles. The van der Waals surface area contributed by atoms with Crippen molar-refractivity contribution < 1.29 is 4.74 Å². The lowest BCUT2D eigenvalue weighted by Gasteiger charge is -2.14. The van der Waals surface area contributed by atoms with Crippen molar-refractivity contribution in [2.24, 2.45) is 0 Å². The highest BCUT2D eigenvalue weighted by atomic mass is 127. The molecule has 2 aromatic carbocycles. The topological polar surface area (TPSA) is 21.3 Å². The van der Waals surface area contributed by atoms with Crippen molar-refractivity contribution in [3.05, 3.63) is 56.6 Å². The van der Waals surface area contributed by atoms with Crippen LogP contribution in [0.5, 0.6) is 11.5 Å². The number of para-hydroxylation sites is 2. The van der Waals surface area contributed by atoms with Gasteiger partial charge in [-0.1, -0.05) is 42.8 Å². The molecule has 100 valence electrons. The average Bonchev–Trinajstić information content (AvgIpc) is 2.41. The van der Waals surface area contributed by atoms with Crippen LogP contribution < -0.4 is 10.1 Å². The first-order chi connectivity index (χ1) is 9.22. The number of rotatable bonds is 5. The highest BCUT2D eigenvalue weighted by Gasteiger charge is 2.10. The maximum Gasteiger partial charge on any atom is 0.150 e. The van der Waals surface area contributed by atoms with E-state index < -0.39 is 0 Å². The highest BCUT2D eigenvalue weighted by molar-refractivity contribution is 14.1. The Morgan fingerprint density at radius 1 is 1.16 bits per heavy atom. The van der Waals surface area contributed by atoms with E-state index in [1.165, 1.54) is 0 Å². The predicted octanol–water partition coefficient (Wildman–Crippen LogP) is 4.85. The van der Waals surface area contributed by atoms with Gasteiger partial charge in [0.05, 0.1) is 8.59 Å². The molecule has 0 saturated carbocycles. The standard InChI is InChI=1S/C15H15ClINO/c1-2-18-10-11-6-5-7-12(16)15(11)19-14-9-4-3-8-13(14)17/h3-9,18H,2,10H2,1H3. The van der Waals surface area contributed by atoms with Gasteiger partial charge in [0.1, 0.15) is 5.75 Å². The molecule has 0 aliphatic rings. The quantitative estimate of drug-likeness (QED) is 0.741. The maximum absolute atomic E-state index is 6.26. The molecule has 2 aromatic rings. The fourth-order valence-electron chi connectivity index (χ4n) is 1.70. The summed E-state index contributed by atoms with van der Waals surface area (Å²) in [7, 11) is 0. The second-order valence-electron chi connectivity index (χ2n) is 4.04. The molecule has 0 unspecified atom stereocenters. The lowest BCUT2D eigenvalue weighted by atomic mass is 10.2. The lowest BCUT2D eigenvalue weighted by Crippen LogP contribution is -2.12. The largest absolute Gasteiger partial charge is 0.454 e. The first kappa shape index (κ1) is 14.6. The minimum Gasteiger partial charge on any atom is -0.454 e. The summed E-state index contributed by atoms with van der Waals surface area (Å²) in [5.74, 6) is 1.56. The summed E-state index contributed by atoms with van der Waals surface area (Å²) in [6, 6.07) is 13.7. The zero-order valence-corrected chi connectivity index (χ0v) is 13.5. The third-order valence-corrected chi connectivity index (χ3v) is 3.85. The van der Waals surface area contributed by atoms with Gasteiger partial charge in [-0.25, -0.2) is 0 Å². The van der Waals surface area contributed by atoms with Crippen LogP contribution in [-0.2, 0) is 6.54 Å². The molecule has 0 radical (unpaired) electrons. The van der Waals surface area contributed by atoms with Gasteiger partial charge in [0.2, 0.25) is 0 Å². The molecule has 2 nitrogen and oxygen atoms in total. The number of benzene rings is 2. The van der Waals surface area contributed by atoms with Crippen molar-refractivity contribution in [1.82, 2.24) is 5.32 Å². The molecule has 0 saturated heterocycles. The molecule has 0 heterocycles. The Labute approximate surface area is 132 Å². The molecule has 0 bridgehead atoms. The van der Waals surface area contributed by atoms with Crippen LogP contribution in [0.2, 0.25) is 5.02 Å². The summed E-state index contributed by atoms with van der Waals surface area (Å²) in [5, 5.41) is 3.93. The molecule has 0 aromatic heterocycles. The molecule has 19 heavy (non-hydrogen) atoms. The van der Waals surface area contributed by atoms with Crippen LogP contribution in [0.15, 0.2) is 42.5 Å². The van der Waals surface area contributed by atoms with Crippen molar-refractivity contribution >= 4 is 34.2 Å². The van der Waals surface area contributed by atoms with Crippen molar-refractivity contribution in [3.8, 4) is 11.5 Å². The molecule has 0 amide bonds. The van der Waals surface area contributed by atoms with Gasteiger partial charge < -0.3 is 10.1 Å². The Bertz CT molecular complexity index is 560. The number of ether oxygens (including phenoxy) is 1. The molecule has 0 atom stereocenters. The van der Waals surface area contributed by atoms with E-state index in [1.807, 2.05) is 42.5 Å². The Hall–Kier alpha value is -0.780. The summed E-state index contributed by atoms with van der Waals surface area (Å²) in [4.78, 5) is 0. The third-order valence-electron chi connectivity index (χ3n) is 2.66. The van der Waals surface area contributed by atoms with Crippen LogP contribution >= 0.6 is 34.2 Å². The molecule has 0 fully saturated rings. The van der Waals surface area contributed by atoms with Gasteiger partial charge in [0.25, 0.3) is 0 Å². The fraction of sp³-hybridized carbons (Fsp3) is 0.200. The minimum absolute atomic E-state index is 0.634. The van der Waals surface area contributed by atoms with Crippen LogP contribution in [0.3, 0.4) is 0 Å². The van der Waals surface area contributed by atoms with E-state index in [-0.39, 0.29) is 0 Å². The summed E-state index contributed by atoms with van der Waals surface area (Å²) in [6.07, 6.45) is 0. The fourth-order valence-corrected chi connectivity index (χ4v) is 2.43. The first-order valence-electron chi connectivity index (χ1n) is 6.13. The first-order valence-corrected chi connectivity index (χ1v) is 7.58. The molecule has 1 N–H and O–H groups in total. The summed E-state index contributed by atoms with van der Waals surface area (Å²) < 4.78 is 7.05. The van der Waals surface area contributed by atoms with Crippen molar-refractivity contribution in [3.63, 3.8) is 0 Å². The van der Waals surface area contributed by atoms with Crippen LogP contribution in [0.25, 0.3) is 0 Å². The predicted molar refractivity (Wildman–Crippen MR) is 88.1 cm³/mol. The average molecular weight is 388 g/mol. The van der Waals surface area contributed by atoms with Crippen molar-refractivity contribution in [1.29, 1.82) is 0 Å². The van der Waals surface area contributed by atoms with Gasteiger partial charge >= 0.3 is 0 Å². The molecule has 2 rings (SSSR count). The molecular weight excluding hydrogens is 373 g/mol. The Morgan fingerprint density at radius 3 is 2.68 bits per heavy atom. The van der Waals surface area contributed by atoms with E-state index in [2.05, 4.69) is 34.8 Å². The van der Waals surface area contributed by atoms with E-state index in [9.17, 15) is 0 Å². The maximum atomic E-state index is 6.26. The van der Waals surface area contributed by atoms with E-state index in [1.54, 1.807) is 0 Å². The molecule has 0 aliphatic heterocycles. The van der Waals surface area contributed by atoms with Gasteiger partial charge in [0.15, 0.2) is 5.75 Å². The van der Waals surface area contributed by atoms with Gasteiger partial charge in [-0.3, -0.25) is 0 Å². The zero-order chi connectivity index (χ0) is 13.7. The van der Waals surface area contributed by atoms with Gasteiger partial charge in [-0.2, -0.15) is 0 Å². The summed E-state index contributed by atoms with van der Waals surface area (Å²) >= 11 is 8.51. The Kier molecular flexibility index (Phi) is 5.48. The number of hydrogen-bond acceptors (Lipinski definition) is 2. The van der Waals surface area contributed by atoms with E-state index >= 15 is 0 Å². The molecular formula is C15H15ClINO. The van der Waals surface area contributed by atoms with Crippen molar-refractivity contribution in [2.45, 2.75) is 13.5 Å². The normalized spacial score (nSPS) is 10.5. The molecule has 4 heteroatoms. The zero-order valence-electron chi connectivity index (χ0n) is 10.6. The summed E-state index contributed by atoms with van der Waals surface area (Å²) in [6.45, 7) is 3.73. The van der Waals surface area contributed by atoms with Crippen LogP contribution in [-0.4, -0.2) is 6.54 Å². The number of hydrogen-bond donors (Lipinski definition) is 1. The third kappa shape index (κ3) is 3.84. The van der Waals surface area contributed by atoms with Crippen molar-refractivity contribution in [2.75, 3.05) is 6.54 Å². The SMILES string of the molecule is CCNCc1cccc(Cl)c1Oc1ccccc1I. The number of nitrogens with one attached hydrogen (secondary N) is 1. The van der Waals surface area contributed by atoms with Gasteiger partial charge in [0, 0.05) is 12.1 Å². The Morgan fingerprint density at radius 2 is 1.95 bits per heavy atom. The van der Waals surface area contributed by atoms with E-state index in [0.717, 1.165) is 33.7 Å². The van der Waals surface area contributed by atoms with Crippen LogP contribution in [0.1, 0.15) is 12.5 Å². The van der Waals surface area contributed by atoms with Crippen LogP contribution in [0, 0.1) is 3.57 Å². The highest BCUT2D eigenvalue weighted by Crippen LogP contribution is 2.34. The van der Waals surface area contributed by atoms with Gasteiger partial charge in [-0.15, -0.1) is 0 Å². The van der Waals surface area contributed by atoms with Crippen LogP contribution in [0.4, 0.5) is 0 Å². The second-order valence-corrected chi connectivity index (χ2v) is 5.61. The summed E-state index contributed by atoms with van der Waals surface area (Å²) in [5.41, 5.74) is 1.06. The monoisotopic (exact) mass is 387 g/mol.